The van der Waals surface area contributed by atoms with Crippen LogP contribution in [0.2, 0.25) is 5.02 Å². The van der Waals surface area contributed by atoms with E-state index in [2.05, 4.69) is 6.07 Å². The molecule has 0 fully saturated rings. The normalized spacial score (nSPS) is 11.1. The maximum Gasteiger partial charge on any atom is 0.203 e. The van der Waals surface area contributed by atoms with Gasteiger partial charge >= 0.3 is 0 Å². The molecule has 0 N–H and O–H groups in total. The Balaban J connectivity index is 1.88. The molecule has 34 heavy (non-hydrogen) atoms. The van der Waals surface area contributed by atoms with Gasteiger partial charge in [-0.3, -0.25) is 0 Å². The van der Waals surface area contributed by atoms with Crippen LogP contribution >= 0.6 is 22.9 Å². The van der Waals surface area contributed by atoms with Gasteiger partial charge in [-0.05, 0) is 48.2 Å². The molecular weight excluding hydrogens is 470 g/mol. The zero-order chi connectivity index (χ0) is 23.8. The summed E-state index contributed by atoms with van der Waals surface area (Å²) >= 11 is 7.83. The van der Waals surface area contributed by atoms with Crippen LogP contribution in [0.1, 0.15) is 5.69 Å². The Kier molecular flexibility index (Phi) is 5.89. The minimum absolute atomic E-state index is 0.531. The van der Waals surface area contributed by atoms with E-state index in [0.717, 1.165) is 44.3 Å². The third kappa shape index (κ3) is 3.77. The zero-order valence-corrected chi connectivity index (χ0v) is 20.7. The first-order chi connectivity index (χ1) is 16.5. The number of nitrogens with zero attached hydrogens (tertiary/aromatic N) is 3. The lowest BCUT2D eigenvalue weighted by Gasteiger charge is -2.18. The van der Waals surface area contributed by atoms with E-state index in [-0.39, 0.29) is 0 Å². The molecule has 0 amide bonds. The summed E-state index contributed by atoms with van der Waals surface area (Å²) in [6.07, 6.45) is 0. The molecule has 0 bridgehead atoms. The molecule has 0 saturated heterocycles. The van der Waals surface area contributed by atoms with Crippen molar-refractivity contribution in [1.82, 2.24) is 14.6 Å². The van der Waals surface area contributed by atoms with Gasteiger partial charge in [-0.1, -0.05) is 29.8 Å². The SMILES string of the molecule is COc1cc(-c2c(-c3ccc(Cl)cc3)c(C)nc3cc(-c4cccs4)nn23)cc(OC)c1OC. The number of aromatic nitrogens is 3. The summed E-state index contributed by atoms with van der Waals surface area (Å²) in [6, 6.07) is 17.7. The van der Waals surface area contributed by atoms with Crippen LogP contribution in [0.5, 0.6) is 17.2 Å². The molecule has 6 nitrogen and oxygen atoms in total. The van der Waals surface area contributed by atoms with E-state index in [9.17, 15) is 0 Å². The quantitative estimate of drug-likeness (QED) is 0.262. The van der Waals surface area contributed by atoms with Crippen molar-refractivity contribution in [3.63, 3.8) is 0 Å². The molecule has 0 unspecified atom stereocenters. The summed E-state index contributed by atoms with van der Waals surface area (Å²) in [5, 5.41) is 7.66. The molecule has 0 spiro atoms. The summed E-state index contributed by atoms with van der Waals surface area (Å²) < 4.78 is 18.7. The monoisotopic (exact) mass is 491 g/mol. The second-order valence-electron chi connectivity index (χ2n) is 7.62. The predicted octanol–water partition coefficient (Wildman–Crippen LogP) is 6.78. The topological polar surface area (TPSA) is 57.9 Å². The predicted molar refractivity (Wildman–Crippen MR) is 137 cm³/mol. The second-order valence-corrected chi connectivity index (χ2v) is 9.00. The van der Waals surface area contributed by atoms with E-state index in [1.165, 1.54) is 0 Å². The molecule has 0 aliphatic carbocycles. The van der Waals surface area contributed by atoms with E-state index >= 15 is 0 Å². The Morgan fingerprint density at radius 3 is 2.18 bits per heavy atom. The highest BCUT2D eigenvalue weighted by molar-refractivity contribution is 7.13. The number of rotatable bonds is 6. The van der Waals surface area contributed by atoms with E-state index in [1.54, 1.807) is 32.7 Å². The molecule has 172 valence electrons. The lowest BCUT2D eigenvalue weighted by atomic mass is 9.97. The summed E-state index contributed by atoms with van der Waals surface area (Å²) in [5.74, 6) is 1.66. The van der Waals surface area contributed by atoms with Gasteiger partial charge in [0.15, 0.2) is 17.1 Å². The van der Waals surface area contributed by atoms with Crippen molar-refractivity contribution in [3.05, 3.63) is 70.7 Å². The van der Waals surface area contributed by atoms with Gasteiger partial charge in [0.05, 0.1) is 31.9 Å². The number of fused-ring (bicyclic) bond motifs is 1. The van der Waals surface area contributed by atoms with Crippen molar-refractivity contribution in [2.24, 2.45) is 0 Å². The Morgan fingerprint density at radius 2 is 1.59 bits per heavy atom. The maximum atomic E-state index is 6.18. The first-order valence-corrected chi connectivity index (χ1v) is 11.8. The van der Waals surface area contributed by atoms with E-state index < -0.39 is 0 Å². The molecule has 0 aliphatic rings. The number of methoxy groups -OCH3 is 3. The van der Waals surface area contributed by atoms with Crippen molar-refractivity contribution in [1.29, 1.82) is 0 Å². The fourth-order valence-electron chi connectivity index (χ4n) is 4.11. The number of ether oxygens (including phenoxy) is 3. The molecule has 0 atom stereocenters. The Labute approximate surface area is 206 Å². The third-order valence-corrected chi connectivity index (χ3v) is 6.77. The van der Waals surface area contributed by atoms with Crippen molar-refractivity contribution < 1.29 is 14.2 Å². The largest absolute Gasteiger partial charge is 0.493 e. The van der Waals surface area contributed by atoms with Crippen LogP contribution in [0.15, 0.2) is 60.0 Å². The van der Waals surface area contributed by atoms with Crippen LogP contribution in [0.4, 0.5) is 0 Å². The summed E-state index contributed by atoms with van der Waals surface area (Å²) in [6.45, 7) is 2.00. The molecule has 2 aromatic carbocycles. The molecule has 8 heteroatoms. The minimum atomic E-state index is 0.531. The number of halogens is 1. The van der Waals surface area contributed by atoms with Crippen molar-refractivity contribution in [2.75, 3.05) is 21.3 Å². The lowest BCUT2D eigenvalue weighted by Crippen LogP contribution is -2.04. The highest BCUT2D eigenvalue weighted by atomic mass is 35.5. The first kappa shape index (κ1) is 22.3. The van der Waals surface area contributed by atoms with Crippen LogP contribution in [-0.2, 0) is 0 Å². The molecule has 5 aromatic rings. The minimum Gasteiger partial charge on any atom is -0.493 e. The van der Waals surface area contributed by atoms with Crippen molar-refractivity contribution in [2.45, 2.75) is 6.92 Å². The molecule has 0 saturated carbocycles. The van der Waals surface area contributed by atoms with Crippen molar-refractivity contribution in [3.8, 4) is 50.2 Å². The van der Waals surface area contributed by atoms with E-state index in [0.29, 0.717) is 22.3 Å². The highest BCUT2D eigenvalue weighted by Crippen LogP contribution is 2.44. The Morgan fingerprint density at radius 1 is 0.882 bits per heavy atom. The number of hydrogen-bond donors (Lipinski definition) is 0. The summed E-state index contributed by atoms with van der Waals surface area (Å²) in [4.78, 5) is 5.97. The number of thiophene rings is 1. The third-order valence-electron chi connectivity index (χ3n) is 5.63. The molecule has 3 aromatic heterocycles. The number of benzene rings is 2. The highest BCUT2D eigenvalue weighted by Gasteiger charge is 2.22. The fraction of sp³-hybridized carbons (Fsp3) is 0.154. The van der Waals surface area contributed by atoms with Gasteiger partial charge in [-0.15, -0.1) is 11.3 Å². The molecule has 0 radical (unpaired) electrons. The standard InChI is InChI=1S/C26H22ClN3O3S/c1-15-24(16-7-9-18(27)10-8-16)25(17-12-20(31-2)26(33-4)21(13-17)32-3)30-23(28-15)14-19(29-30)22-6-5-11-34-22/h5-14H,1-4H3. The van der Waals surface area contributed by atoms with E-state index in [4.69, 9.17) is 35.9 Å². The zero-order valence-electron chi connectivity index (χ0n) is 19.1. The number of hydrogen-bond acceptors (Lipinski definition) is 6. The van der Waals surface area contributed by atoms with Gasteiger partial charge in [0.1, 0.15) is 5.69 Å². The molecule has 5 rings (SSSR count). The molecule has 0 aliphatic heterocycles. The maximum absolute atomic E-state index is 6.18. The van der Waals surface area contributed by atoms with Gasteiger partial charge in [0.2, 0.25) is 5.75 Å². The Bertz CT molecular complexity index is 1450. The fourth-order valence-corrected chi connectivity index (χ4v) is 4.92. The average Bonchev–Trinajstić information content (AvgIpc) is 3.53. The molecule has 3 heterocycles. The smallest absolute Gasteiger partial charge is 0.203 e. The van der Waals surface area contributed by atoms with Gasteiger partial charge in [-0.2, -0.15) is 5.10 Å². The van der Waals surface area contributed by atoms with Gasteiger partial charge in [0, 0.05) is 27.9 Å². The van der Waals surface area contributed by atoms with Crippen LogP contribution in [-0.4, -0.2) is 35.9 Å². The van der Waals surface area contributed by atoms with Gasteiger partial charge in [-0.25, -0.2) is 9.50 Å². The van der Waals surface area contributed by atoms with Crippen LogP contribution < -0.4 is 14.2 Å². The van der Waals surface area contributed by atoms with Crippen LogP contribution in [0.3, 0.4) is 0 Å². The number of aryl methyl sites for hydroxylation is 1. The average molecular weight is 492 g/mol. The first-order valence-electron chi connectivity index (χ1n) is 10.5. The lowest BCUT2D eigenvalue weighted by molar-refractivity contribution is 0.324. The van der Waals surface area contributed by atoms with Gasteiger partial charge < -0.3 is 14.2 Å². The molecular formula is C26H22ClN3O3S. The van der Waals surface area contributed by atoms with E-state index in [1.807, 2.05) is 65.4 Å². The van der Waals surface area contributed by atoms with Gasteiger partial charge in [0.25, 0.3) is 0 Å². The summed E-state index contributed by atoms with van der Waals surface area (Å²) in [7, 11) is 4.81. The van der Waals surface area contributed by atoms with Crippen molar-refractivity contribution >= 4 is 28.6 Å². The summed E-state index contributed by atoms with van der Waals surface area (Å²) in [5.41, 5.74) is 6.14. The Hall–Kier alpha value is -3.55. The second kappa shape index (κ2) is 9.00. The van der Waals surface area contributed by atoms with Crippen LogP contribution in [0, 0.1) is 6.92 Å². The van der Waals surface area contributed by atoms with Crippen LogP contribution in [0.25, 0.3) is 38.6 Å².